The lowest BCUT2D eigenvalue weighted by atomic mass is 9.95. The molecule has 0 aromatic heterocycles. The summed E-state index contributed by atoms with van der Waals surface area (Å²) in [5.41, 5.74) is 1.78. The van der Waals surface area contributed by atoms with Crippen LogP contribution in [0.15, 0.2) is 77.7 Å². The fourth-order valence-electron chi connectivity index (χ4n) is 5.07. The Hall–Kier alpha value is -3.07. The molecule has 1 aliphatic rings. The van der Waals surface area contributed by atoms with Crippen LogP contribution in [0.5, 0.6) is 0 Å². The largest absolute Gasteiger partial charge is 0.352 e. The van der Waals surface area contributed by atoms with Crippen molar-refractivity contribution in [2.24, 2.45) is 0 Å². The molecular weight excluding hydrogens is 581 g/mol. The summed E-state index contributed by atoms with van der Waals surface area (Å²) in [6.07, 6.45) is 5.07. The molecule has 0 spiro atoms. The van der Waals surface area contributed by atoms with E-state index in [1.54, 1.807) is 56.3 Å². The van der Waals surface area contributed by atoms with E-state index in [1.807, 2.05) is 6.07 Å². The van der Waals surface area contributed by atoms with Gasteiger partial charge in [-0.25, -0.2) is 8.42 Å². The van der Waals surface area contributed by atoms with Gasteiger partial charge in [0.1, 0.15) is 12.6 Å². The number of halogens is 2. The van der Waals surface area contributed by atoms with Crippen LogP contribution in [0.1, 0.15) is 50.2 Å². The van der Waals surface area contributed by atoms with Crippen LogP contribution >= 0.6 is 23.2 Å². The van der Waals surface area contributed by atoms with Gasteiger partial charge in [0.2, 0.25) is 11.8 Å². The third-order valence-corrected chi connectivity index (χ3v) is 9.69. The predicted octanol–water partition coefficient (Wildman–Crippen LogP) is 6.36. The summed E-state index contributed by atoms with van der Waals surface area (Å²) < 4.78 is 29.0. The van der Waals surface area contributed by atoms with Gasteiger partial charge in [0, 0.05) is 22.6 Å². The Morgan fingerprint density at radius 2 is 1.61 bits per heavy atom. The maximum atomic E-state index is 14.1. The first-order valence-corrected chi connectivity index (χ1v) is 15.9. The van der Waals surface area contributed by atoms with E-state index in [2.05, 4.69) is 5.32 Å². The molecular formula is C31H35Cl2N3O4S. The molecule has 0 bridgehead atoms. The van der Waals surface area contributed by atoms with E-state index < -0.39 is 28.5 Å². The van der Waals surface area contributed by atoms with Gasteiger partial charge < -0.3 is 10.2 Å². The summed E-state index contributed by atoms with van der Waals surface area (Å²) in [6.45, 7) is 3.04. The summed E-state index contributed by atoms with van der Waals surface area (Å²) in [5, 5.41) is 4.00. The molecule has 3 aromatic rings. The first-order chi connectivity index (χ1) is 19.6. The van der Waals surface area contributed by atoms with Crippen LogP contribution in [0.2, 0.25) is 10.0 Å². The van der Waals surface area contributed by atoms with E-state index in [9.17, 15) is 18.0 Å². The number of hydrogen-bond donors (Lipinski definition) is 1. The van der Waals surface area contributed by atoms with Crippen molar-refractivity contribution in [1.82, 2.24) is 10.2 Å². The molecule has 0 unspecified atom stereocenters. The average molecular weight is 617 g/mol. The maximum Gasteiger partial charge on any atom is 0.264 e. The lowest BCUT2D eigenvalue weighted by molar-refractivity contribution is -0.139. The Kier molecular flexibility index (Phi) is 10.3. The zero-order valence-corrected chi connectivity index (χ0v) is 25.6. The second-order valence-corrected chi connectivity index (χ2v) is 13.2. The first-order valence-electron chi connectivity index (χ1n) is 13.7. The van der Waals surface area contributed by atoms with Crippen LogP contribution in [0.25, 0.3) is 0 Å². The molecule has 10 heteroatoms. The number of anilines is 1. The zero-order valence-electron chi connectivity index (χ0n) is 23.2. The smallest absolute Gasteiger partial charge is 0.264 e. The Morgan fingerprint density at radius 3 is 2.27 bits per heavy atom. The summed E-state index contributed by atoms with van der Waals surface area (Å²) in [6, 6.07) is 19.1. The molecule has 0 radical (unpaired) electrons. The number of aryl methyl sites for hydroxylation is 1. The lowest BCUT2D eigenvalue weighted by Crippen LogP contribution is -2.53. The number of amides is 2. The third-order valence-electron chi connectivity index (χ3n) is 7.43. The van der Waals surface area contributed by atoms with Crippen LogP contribution in [0, 0.1) is 6.92 Å². The van der Waals surface area contributed by atoms with Gasteiger partial charge in [-0.15, -0.1) is 0 Å². The molecule has 1 atom stereocenters. The van der Waals surface area contributed by atoms with E-state index in [0.717, 1.165) is 42.0 Å². The Bertz CT molecular complexity index is 1470. The van der Waals surface area contributed by atoms with Gasteiger partial charge in [-0.3, -0.25) is 13.9 Å². The van der Waals surface area contributed by atoms with Crippen molar-refractivity contribution in [2.45, 2.75) is 69.5 Å². The van der Waals surface area contributed by atoms with Crippen molar-refractivity contribution in [1.29, 1.82) is 0 Å². The number of para-hydroxylation sites is 1. The van der Waals surface area contributed by atoms with E-state index in [0.29, 0.717) is 21.3 Å². The molecule has 0 aliphatic heterocycles. The molecule has 7 nitrogen and oxygen atoms in total. The monoisotopic (exact) mass is 615 g/mol. The highest BCUT2D eigenvalue weighted by Gasteiger charge is 2.33. The number of carbonyl (C=O) groups excluding carboxylic acids is 2. The van der Waals surface area contributed by atoms with Crippen molar-refractivity contribution in [3.05, 3.63) is 94.0 Å². The molecule has 218 valence electrons. The number of hydrogen-bond acceptors (Lipinski definition) is 4. The van der Waals surface area contributed by atoms with E-state index in [1.165, 1.54) is 29.2 Å². The number of sulfonamides is 1. The molecule has 41 heavy (non-hydrogen) atoms. The third kappa shape index (κ3) is 7.82. The van der Waals surface area contributed by atoms with Gasteiger partial charge in [-0.2, -0.15) is 0 Å². The Morgan fingerprint density at radius 1 is 0.927 bits per heavy atom. The van der Waals surface area contributed by atoms with Crippen molar-refractivity contribution in [3.8, 4) is 0 Å². The highest BCUT2D eigenvalue weighted by molar-refractivity contribution is 7.92. The van der Waals surface area contributed by atoms with Gasteiger partial charge in [0.05, 0.1) is 10.6 Å². The van der Waals surface area contributed by atoms with Crippen molar-refractivity contribution in [2.75, 3.05) is 10.8 Å². The van der Waals surface area contributed by atoms with Crippen LogP contribution in [0.3, 0.4) is 0 Å². The summed E-state index contributed by atoms with van der Waals surface area (Å²) in [5.74, 6) is -0.785. The summed E-state index contributed by atoms with van der Waals surface area (Å²) in [4.78, 5) is 28.9. The number of carbonyl (C=O) groups is 2. The Labute approximate surface area is 252 Å². The van der Waals surface area contributed by atoms with Crippen LogP contribution in [-0.4, -0.2) is 43.8 Å². The standard InChI is InChI=1S/C31H35Cl2N3O4S/c1-22-9-6-7-14-29(22)36(41(39,40)28-17-15-25(32)16-18-28)21-30(37)35(20-24-10-8-11-26(33)19-24)23(2)31(38)34-27-12-4-3-5-13-27/h6-11,14-19,23,27H,3-5,12-13,20-21H2,1-2H3,(H,34,38)/t23-/m0/s1. The molecule has 0 heterocycles. The SMILES string of the molecule is Cc1ccccc1N(CC(=O)N(Cc1cccc(Cl)c1)[C@@H](C)C(=O)NC1CCCCC1)S(=O)(=O)c1ccc(Cl)cc1. The van der Waals surface area contributed by atoms with Gasteiger partial charge in [-0.1, -0.05) is 72.8 Å². The lowest BCUT2D eigenvalue weighted by Gasteiger charge is -2.33. The van der Waals surface area contributed by atoms with Crippen LogP contribution in [-0.2, 0) is 26.2 Å². The molecule has 1 N–H and O–H groups in total. The number of benzene rings is 3. The van der Waals surface area contributed by atoms with Crippen LogP contribution < -0.4 is 9.62 Å². The fourth-order valence-corrected chi connectivity index (χ4v) is 6.89. The van der Waals surface area contributed by atoms with Gasteiger partial charge in [0.25, 0.3) is 10.0 Å². The minimum atomic E-state index is -4.16. The van der Waals surface area contributed by atoms with Gasteiger partial charge in [-0.05, 0) is 80.3 Å². The normalized spacial score (nSPS) is 14.7. The molecule has 1 saturated carbocycles. The van der Waals surface area contributed by atoms with Crippen molar-refractivity contribution >= 4 is 50.7 Å². The summed E-state index contributed by atoms with van der Waals surface area (Å²) >= 11 is 12.2. The van der Waals surface area contributed by atoms with Crippen molar-refractivity contribution in [3.63, 3.8) is 0 Å². The highest BCUT2D eigenvalue weighted by atomic mass is 35.5. The molecule has 0 saturated heterocycles. The van der Waals surface area contributed by atoms with Crippen molar-refractivity contribution < 1.29 is 18.0 Å². The predicted molar refractivity (Wildman–Crippen MR) is 164 cm³/mol. The van der Waals surface area contributed by atoms with E-state index in [4.69, 9.17) is 23.2 Å². The topological polar surface area (TPSA) is 86.8 Å². The fraction of sp³-hybridized carbons (Fsp3) is 0.355. The summed E-state index contributed by atoms with van der Waals surface area (Å²) in [7, 11) is -4.16. The maximum absolute atomic E-state index is 14.1. The molecule has 4 rings (SSSR count). The second-order valence-electron chi connectivity index (χ2n) is 10.4. The molecule has 3 aromatic carbocycles. The van der Waals surface area contributed by atoms with E-state index in [-0.39, 0.29) is 23.4 Å². The van der Waals surface area contributed by atoms with Gasteiger partial charge in [0.15, 0.2) is 0 Å². The minimum absolute atomic E-state index is 0.00225. The molecule has 1 aliphatic carbocycles. The highest BCUT2D eigenvalue weighted by Crippen LogP contribution is 2.28. The second kappa shape index (κ2) is 13.7. The zero-order chi connectivity index (χ0) is 29.6. The molecule has 1 fully saturated rings. The number of rotatable bonds is 10. The van der Waals surface area contributed by atoms with Gasteiger partial charge >= 0.3 is 0 Å². The number of nitrogens with one attached hydrogen (secondary N) is 1. The van der Waals surface area contributed by atoms with E-state index >= 15 is 0 Å². The number of nitrogens with zero attached hydrogens (tertiary/aromatic N) is 2. The minimum Gasteiger partial charge on any atom is -0.352 e. The quantitative estimate of drug-likeness (QED) is 0.287. The average Bonchev–Trinajstić information content (AvgIpc) is 2.95. The Balaban J connectivity index is 1.68. The van der Waals surface area contributed by atoms with Crippen LogP contribution in [0.4, 0.5) is 5.69 Å². The first kappa shape index (κ1) is 30.9. The molecule has 2 amide bonds.